The van der Waals surface area contributed by atoms with Crippen molar-refractivity contribution in [2.24, 2.45) is 5.73 Å². The molecule has 0 unspecified atom stereocenters. The first-order valence-electron chi connectivity index (χ1n) is 15.2. The molecule has 6 aromatic rings. The van der Waals surface area contributed by atoms with Gasteiger partial charge in [0.15, 0.2) is 5.65 Å². The minimum absolute atomic E-state index is 0.0638. The van der Waals surface area contributed by atoms with E-state index in [2.05, 4.69) is 63.7 Å². The molecule has 1 fully saturated rings. The van der Waals surface area contributed by atoms with Gasteiger partial charge in [0.25, 0.3) is 5.91 Å². The highest BCUT2D eigenvalue weighted by Gasteiger charge is 2.29. The number of aromatic nitrogens is 3. The summed E-state index contributed by atoms with van der Waals surface area (Å²) >= 11 is 3.78. The van der Waals surface area contributed by atoms with Gasteiger partial charge in [-0.15, -0.1) is 0 Å². The summed E-state index contributed by atoms with van der Waals surface area (Å²) in [5.74, 6) is 0.945. The molecule has 0 spiro atoms. The number of fused-ring (bicyclic) bond motifs is 1. The van der Waals surface area contributed by atoms with E-state index in [4.69, 9.17) is 15.8 Å². The summed E-state index contributed by atoms with van der Waals surface area (Å²) in [4.78, 5) is 21.0. The Balaban J connectivity index is 1.32. The number of rotatable bonds is 7. The molecule has 3 N–H and O–H groups in total. The van der Waals surface area contributed by atoms with Crippen molar-refractivity contribution in [3.63, 3.8) is 0 Å². The maximum Gasteiger partial charge on any atom is 0.259 e. The van der Waals surface area contributed by atoms with Gasteiger partial charge in [-0.25, -0.2) is 4.98 Å². The number of halogens is 1. The average molecular weight is 658 g/mol. The molecule has 0 radical (unpaired) electrons. The van der Waals surface area contributed by atoms with Crippen molar-refractivity contribution in [1.29, 1.82) is 0 Å². The number of benzene rings is 4. The van der Waals surface area contributed by atoms with E-state index in [0.717, 1.165) is 50.9 Å². The number of nitrogens with zero attached hydrogens (tertiary/aromatic N) is 4. The van der Waals surface area contributed by atoms with Crippen molar-refractivity contribution in [3.05, 3.63) is 137 Å². The Morgan fingerprint density at radius 3 is 2.22 bits per heavy atom. The molecule has 1 saturated heterocycles. The number of para-hydroxylation sites is 1. The van der Waals surface area contributed by atoms with Crippen LogP contribution < -0.4 is 11.1 Å². The molecule has 0 saturated carbocycles. The van der Waals surface area contributed by atoms with Gasteiger partial charge in [-0.2, -0.15) is 9.61 Å². The zero-order valence-corrected chi connectivity index (χ0v) is 26.3. The SMILES string of the molecule is NCc1ccccc1-c1nn2c(Nc3ccccc3-c3ccccc3)c(C(=O)N3CCC(c4ccccc4)CC3)cnc2c1Br. The summed E-state index contributed by atoms with van der Waals surface area (Å²) in [5.41, 5.74) is 14.1. The first-order valence-corrected chi connectivity index (χ1v) is 16.0. The van der Waals surface area contributed by atoms with Gasteiger partial charge in [-0.05, 0) is 57.4 Å². The predicted octanol–water partition coefficient (Wildman–Crippen LogP) is 8.05. The summed E-state index contributed by atoms with van der Waals surface area (Å²) in [7, 11) is 0. The largest absolute Gasteiger partial charge is 0.339 e. The van der Waals surface area contributed by atoms with Crippen LogP contribution in [-0.4, -0.2) is 38.5 Å². The lowest BCUT2D eigenvalue weighted by atomic mass is 9.89. The Bertz CT molecular complexity index is 1970. The van der Waals surface area contributed by atoms with E-state index in [1.165, 1.54) is 5.56 Å². The van der Waals surface area contributed by atoms with Gasteiger partial charge in [0.05, 0.1) is 4.47 Å². The van der Waals surface area contributed by atoms with Crippen LogP contribution in [0.1, 0.15) is 40.2 Å². The third-order valence-electron chi connectivity index (χ3n) is 8.63. The summed E-state index contributed by atoms with van der Waals surface area (Å²) in [5, 5.41) is 8.67. The van der Waals surface area contributed by atoms with Gasteiger partial charge in [0, 0.05) is 42.6 Å². The fourth-order valence-electron chi connectivity index (χ4n) is 6.24. The summed E-state index contributed by atoms with van der Waals surface area (Å²) in [6, 6.07) is 36.9. The molecular formula is C37H33BrN6O. The Hall–Kier alpha value is -4.79. The molecule has 2 aromatic heterocycles. The van der Waals surface area contributed by atoms with Crippen molar-refractivity contribution in [2.45, 2.75) is 25.3 Å². The van der Waals surface area contributed by atoms with E-state index in [-0.39, 0.29) is 5.91 Å². The zero-order valence-electron chi connectivity index (χ0n) is 24.7. The first-order chi connectivity index (χ1) is 22.1. The summed E-state index contributed by atoms with van der Waals surface area (Å²) in [6.45, 7) is 1.73. The second kappa shape index (κ2) is 12.7. The molecule has 224 valence electrons. The minimum atomic E-state index is -0.0638. The van der Waals surface area contributed by atoms with Gasteiger partial charge in [0.1, 0.15) is 17.1 Å². The molecule has 1 aliphatic heterocycles. The predicted molar refractivity (Wildman–Crippen MR) is 183 cm³/mol. The van der Waals surface area contributed by atoms with Gasteiger partial charge in [0.2, 0.25) is 0 Å². The molecule has 0 bridgehead atoms. The van der Waals surface area contributed by atoms with Gasteiger partial charge >= 0.3 is 0 Å². The normalized spacial score (nSPS) is 13.7. The smallest absolute Gasteiger partial charge is 0.259 e. The van der Waals surface area contributed by atoms with Crippen LogP contribution in [0.4, 0.5) is 11.5 Å². The van der Waals surface area contributed by atoms with Crippen LogP contribution in [0.5, 0.6) is 0 Å². The quantitative estimate of drug-likeness (QED) is 0.181. The number of hydrogen-bond acceptors (Lipinski definition) is 5. The highest BCUT2D eigenvalue weighted by molar-refractivity contribution is 9.10. The molecule has 45 heavy (non-hydrogen) atoms. The van der Waals surface area contributed by atoms with Gasteiger partial charge < -0.3 is 16.0 Å². The zero-order chi connectivity index (χ0) is 30.8. The lowest BCUT2D eigenvalue weighted by Gasteiger charge is -2.32. The number of piperidine rings is 1. The molecule has 3 heterocycles. The van der Waals surface area contributed by atoms with Crippen LogP contribution in [0.3, 0.4) is 0 Å². The molecule has 7 rings (SSSR count). The van der Waals surface area contributed by atoms with Crippen LogP contribution in [0, 0.1) is 0 Å². The number of likely N-dealkylation sites (tertiary alicyclic amines) is 1. The molecule has 8 heteroatoms. The highest BCUT2D eigenvalue weighted by Crippen LogP contribution is 2.37. The van der Waals surface area contributed by atoms with E-state index in [1.54, 1.807) is 10.7 Å². The van der Waals surface area contributed by atoms with Gasteiger partial charge in [-0.3, -0.25) is 4.79 Å². The molecule has 4 aromatic carbocycles. The van der Waals surface area contributed by atoms with Crippen molar-refractivity contribution >= 4 is 39.0 Å². The maximum absolute atomic E-state index is 14.3. The Labute approximate surface area is 270 Å². The number of carbonyl (C=O) groups is 1. The number of nitrogens with two attached hydrogens (primary N) is 1. The van der Waals surface area contributed by atoms with Gasteiger partial charge in [-0.1, -0.05) is 103 Å². The van der Waals surface area contributed by atoms with Crippen molar-refractivity contribution in [2.75, 3.05) is 18.4 Å². The molecule has 1 amide bonds. The number of amides is 1. The average Bonchev–Trinajstić information content (AvgIpc) is 3.45. The maximum atomic E-state index is 14.3. The second-order valence-corrected chi connectivity index (χ2v) is 12.1. The standard InChI is InChI=1S/C37H33BrN6O/c38-33-34(30-17-8-7-15-28(30)23-39)42-44-35(41-32-18-10-9-16-29(32)27-13-5-2-6-14-27)31(24-40-36(33)44)37(45)43-21-19-26(20-22-43)25-11-3-1-4-12-25/h1-18,24,26,41H,19-23,39H2. The monoisotopic (exact) mass is 656 g/mol. The topological polar surface area (TPSA) is 88.5 Å². The van der Waals surface area contributed by atoms with Crippen molar-refractivity contribution < 1.29 is 4.79 Å². The third kappa shape index (κ3) is 5.63. The number of nitrogens with one attached hydrogen (secondary N) is 1. The van der Waals surface area contributed by atoms with Crippen molar-refractivity contribution in [1.82, 2.24) is 19.5 Å². The minimum Gasteiger partial charge on any atom is -0.339 e. The molecule has 7 nitrogen and oxygen atoms in total. The molecular weight excluding hydrogens is 624 g/mol. The van der Waals surface area contributed by atoms with Crippen LogP contribution in [-0.2, 0) is 6.54 Å². The van der Waals surface area contributed by atoms with E-state index in [9.17, 15) is 4.79 Å². The highest BCUT2D eigenvalue weighted by atomic mass is 79.9. The van der Waals surface area contributed by atoms with E-state index in [0.29, 0.717) is 42.6 Å². The van der Waals surface area contributed by atoms with E-state index < -0.39 is 0 Å². The first kappa shape index (κ1) is 29.0. The number of anilines is 2. The lowest BCUT2D eigenvalue weighted by Crippen LogP contribution is -2.38. The van der Waals surface area contributed by atoms with E-state index >= 15 is 0 Å². The lowest BCUT2D eigenvalue weighted by molar-refractivity contribution is 0.0713. The Kier molecular flexibility index (Phi) is 8.15. The molecule has 0 atom stereocenters. The summed E-state index contributed by atoms with van der Waals surface area (Å²) in [6.07, 6.45) is 3.51. The number of hydrogen-bond donors (Lipinski definition) is 2. The Morgan fingerprint density at radius 2 is 1.49 bits per heavy atom. The molecule has 1 aliphatic rings. The second-order valence-electron chi connectivity index (χ2n) is 11.3. The summed E-state index contributed by atoms with van der Waals surface area (Å²) < 4.78 is 2.49. The fourth-order valence-corrected chi connectivity index (χ4v) is 6.80. The number of carbonyl (C=O) groups excluding carboxylic acids is 1. The molecule has 0 aliphatic carbocycles. The van der Waals surface area contributed by atoms with Crippen LogP contribution in [0.15, 0.2) is 120 Å². The van der Waals surface area contributed by atoms with Crippen LogP contribution in [0.2, 0.25) is 0 Å². The van der Waals surface area contributed by atoms with Crippen molar-refractivity contribution in [3.8, 4) is 22.4 Å². The van der Waals surface area contributed by atoms with Crippen LogP contribution in [0.25, 0.3) is 28.0 Å². The third-order valence-corrected chi connectivity index (χ3v) is 9.36. The van der Waals surface area contributed by atoms with Crippen LogP contribution >= 0.6 is 15.9 Å². The fraction of sp³-hybridized carbons (Fsp3) is 0.162. The Morgan fingerprint density at radius 1 is 0.844 bits per heavy atom. The van der Waals surface area contributed by atoms with E-state index in [1.807, 2.05) is 71.6 Å².